The molecule has 3 rings (SSSR count). The first-order chi connectivity index (χ1) is 13.9. The number of nitriles is 1. The third kappa shape index (κ3) is 5.09. The molecule has 7 nitrogen and oxygen atoms in total. The quantitative estimate of drug-likeness (QED) is 0.780. The maximum Gasteiger partial charge on any atom is 0.239 e. The molecule has 0 aliphatic carbocycles. The van der Waals surface area contributed by atoms with Gasteiger partial charge in [-0.2, -0.15) is 9.57 Å². The predicted octanol–water partition coefficient (Wildman–Crippen LogP) is 1.70. The van der Waals surface area contributed by atoms with Crippen molar-refractivity contribution in [3.05, 3.63) is 76.7 Å². The summed E-state index contributed by atoms with van der Waals surface area (Å²) in [6.07, 6.45) is 1.57. The van der Waals surface area contributed by atoms with Crippen LogP contribution in [0, 0.1) is 11.3 Å². The van der Waals surface area contributed by atoms with Crippen LogP contribution in [0.15, 0.2) is 60.0 Å². The van der Waals surface area contributed by atoms with Gasteiger partial charge < -0.3 is 5.73 Å². The molecule has 0 spiro atoms. The number of nitrogens with zero attached hydrogens (tertiary/aromatic N) is 3. The summed E-state index contributed by atoms with van der Waals surface area (Å²) in [5.41, 5.74) is 7.61. The van der Waals surface area contributed by atoms with E-state index in [9.17, 15) is 13.2 Å². The predicted molar refractivity (Wildman–Crippen MR) is 111 cm³/mol. The second-order valence-corrected chi connectivity index (χ2v) is 8.55. The molecule has 2 N–H and O–H groups in total. The van der Waals surface area contributed by atoms with Crippen LogP contribution in [0.1, 0.15) is 22.7 Å². The lowest BCUT2D eigenvalue weighted by Crippen LogP contribution is -2.51. The van der Waals surface area contributed by atoms with Gasteiger partial charge in [0.1, 0.15) is 6.04 Å². The van der Waals surface area contributed by atoms with Crippen LogP contribution in [-0.2, 0) is 14.8 Å². The highest BCUT2D eigenvalue weighted by molar-refractivity contribution is 7.92. The van der Waals surface area contributed by atoms with E-state index in [2.05, 4.69) is 0 Å². The number of primary amides is 1. The van der Waals surface area contributed by atoms with E-state index in [0.29, 0.717) is 24.2 Å². The molecule has 1 aliphatic heterocycles. The number of amides is 1. The molecule has 1 aliphatic rings. The Kier molecular flexibility index (Phi) is 6.44. The fourth-order valence-electron chi connectivity index (χ4n) is 3.33. The fraction of sp³-hybridized carbons (Fsp3) is 0.238. The summed E-state index contributed by atoms with van der Waals surface area (Å²) in [5, 5.41) is 10.1. The van der Waals surface area contributed by atoms with Crippen molar-refractivity contribution >= 4 is 22.0 Å². The monoisotopic (exact) mass is 410 g/mol. The molecule has 150 valence electrons. The summed E-state index contributed by atoms with van der Waals surface area (Å²) in [6, 6.07) is 17.3. The van der Waals surface area contributed by atoms with Crippen molar-refractivity contribution in [3.8, 4) is 6.07 Å². The summed E-state index contributed by atoms with van der Waals surface area (Å²) >= 11 is 0. The molecule has 8 heteroatoms. The summed E-state index contributed by atoms with van der Waals surface area (Å²) < 4.78 is 26.6. The van der Waals surface area contributed by atoms with E-state index in [-0.39, 0.29) is 13.1 Å². The zero-order valence-electron chi connectivity index (χ0n) is 15.8. The van der Waals surface area contributed by atoms with Gasteiger partial charge in [-0.05, 0) is 29.3 Å². The lowest BCUT2D eigenvalue weighted by atomic mass is 10.0. The molecule has 0 radical (unpaired) electrons. The maximum atomic E-state index is 12.6. The first kappa shape index (κ1) is 20.7. The normalized spacial score (nSPS) is 17.1. The van der Waals surface area contributed by atoms with Gasteiger partial charge in [0.05, 0.1) is 11.6 Å². The van der Waals surface area contributed by atoms with E-state index in [0.717, 1.165) is 5.56 Å². The number of carbonyl (C=O) groups excluding carboxylic acids is 1. The van der Waals surface area contributed by atoms with Crippen LogP contribution in [0.5, 0.6) is 0 Å². The lowest BCUT2D eigenvalue weighted by molar-refractivity contribution is -0.124. The number of sulfonamides is 1. The minimum Gasteiger partial charge on any atom is -0.368 e. The molecule has 0 aromatic heterocycles. The Morgan fingerprint density at radius 2 is 1.66 bits per heavy atom. The van der Waals surface area contributed by atoms with Crippen LogP contribution in [0.4, 0.5) is 0 Å². The van der Waals surface area contributed by atoms with Gasteiger partial charge in [0.2, 0.25) is 15.9 Å². The van der Waals surface area contributed by atoms with Crippen molar-refractivity contribution in [3.63, 3.8) is 0 Å². The molecule has 0 bridgehead atoms. The van der Waals surface area contributed by atoms with Crippen LogP contribution >= 0.6 is 0 Å². The average molecular weight is 410 g/mol. The first-order valence-corrected chi connectivity index (χ1v) is 10.7. The Morgan fingerprint density at radius 3 is 2.21 bits per heavy atom. The zero-order valence-corrected chi connectivity index (χ0v) is 16.6. The minimum atomic E-state index is -3.55. The van der Waals surface area contributed by atoms with E-state index in [1.807, 2.05) is 41.3 Å². The van der Waals surface area contributed by atoms with Crippen molar-refractivity contribution in [2.75, 3.05) is 26.2 Å². The zero-order chi connectivity index (χ0) is 20.9. The molecule has 1 atom stereocenters. The van der Waals surface area contributed by atoms with E-state index in [1.54, 1.807) is 30.3 Å². The number of piperazine rings is 1. The number of hydrogen-bond acceptors (Lipinski definition) is 5. The Hall–Kier alpha value is -2.99. The van der Waals surface area contributed by atoms with Crippen LogP contribution in [-0.4, -0.2) is 49.7 Å². The topological polar surface area (TPSA) is 107 Å². The number of carbonyl (C=O) groups is 1. The van der Waals surface area contributed by atoms with Crippen molar-refractivity contribution in [1.82, 2.24) is 9.21 Å². The Labute approximate surface area is 170 Å². The second-order valence-electron chi connectivity index (χ2n) is 6.73. The number of rotatable bonds is 6. The molecule has 1 unspecified atom stereocenters. The maximum absolute atomic E-state index is 12.6. The van der Waals surface area contributed by atoms with Crippen LogP contribution < -0.4 is 5.73 Å². The molecule has 1 fully saturated rings. The van der Waals surface area contributed by atoms with Gasteiger partial charge in [-0.3, -0.25) is 9.69 Å². The molecule has 1 saturated heterocycles. The first-order valence-electron chi connectivity index (χ1n) is 9.17. The van der Waals surface area contributed by atoms with Gasteiger partial charge >= 0.3 is 0 Å². The number of benzene rings is 2. The largest absolute Gasteiger partial charge is 0.368 e. The van der Waals surface area contributed by atoms with Crippen molar-refractivity contribution in [2.45, 2.75) is 6.04 Å². The van der Waals surface area contributed by atoms with Crippen LogP contribution in [0.3, 0.4) is 0 Å². The molecular formula is C21H22N4O3S. The second kappa shape index (κ2) is 9.01. The molecule has 2 aromatic carbocycles. The molecular weight excluding hydrogens is 388 g/mol. The minimum absolute atomic E-state index is 0.265. The smallest absolute Gasteiger partial charge is 0.239 e. The van der Waals surface area contributed by atoms with Crippen molar-refractivity contribution in [1.29, 1.82) is 5.26 Å². The summed E-state index contributed by atoms with van der Waals surface area (Å²) in [5.74, 6) is -0.505. The Balaban J connectivity index is 1.68. The van der Waals surface area contributed by atoms with E-state index in [1.165, 1.54) is 9.71 Å². The van der Waals surface area contributed by atoms with Crippen molar-refractivity contribution < 1.29 is 13.2 Å². The molecule has 1 heterocycles. The van der Waals surface area contributed by atoms with Gasteiger partial charge in [-0.1, -0.05) is 42.5 Å². The molecule has 2 aromatic rings. The highest BCUT2D eigenvalue weighted by atomic mass is 32.2. The summed E-state index contributed by atoms with van der Waals surface area (Å²) in [4.78, 5) is 13.9. The van der Waals surface area contributed by atoms with Gasteiger partial charge in [-0.15, -0.1) is 0 Å². The summed E-state index contributed by atoms with van der Waals surface area (Å²) in [6.45, 7) is 1.29. The summed E-state index contributed by atoms with van der Waals surface area (Å²) in [7, 11) is -3.55. The van der Waals surface area contributed by atoms with Crippen LogP contribution in [0.25, 0.3) is 6.08 Å². The molecule has 29 heavy (non-hydrogen) atoms. The third-order valence-corrected chi connectivity index (χ3v) is 6.42. The van der Waals surface area contributed by atoms with Crippen LogP contribution in [0.2, 0.25) is 0 Å². The standard InChI is InChI=1S/C21H22N4O3S/c22-16-18-6-8-19(9-7-18)20(21(23)26)24-11-13-25(14-12-24)29(27,28)15-10-17-4-2-1-3-5-17/h1-10,15,20H,11-14H2,(H2,23,26)/b15-10+. The lowest BCUT2D eigenvalue weighted by Gasteiger charge is -2.37. The van der Waals surface area contributed by atoms with Gasteiger partial charge in [0, 0.05) is 31.6 Å². The Bertz CT molecular complexity index is 1020. The average Bonchev–Trinajstić information content (AvgIpc) is 2.74. The number of nitrogens with two attached hydrogens (primary N) is 1. The SMILES string of the molecule is N#Cc1ccc(C(C(N)=O)N2CCN(S(=O)(=O)/C=C/c3ccccc3)CC2)cc1. The fourth-order valence-corrected chi connectivity index (χ4v) is 4.50. The van der Waals surface area contributed by atoms with Gasteiger partial charge in [0.15, 0.2) is 0 Å². The third-order valence-electron chi connectivity index (χ3n) is 4.86. The number of hydrogen-bond donors (Lipinski definition) is 1. The van der Waals surface area contributed by atoms with Gasteiger partial charge in [-0.25, -0.2) is 8.42 Å². The van der Waals surface area contributed by atoms with E-state index in [4.69, 9.17) is 11.0 Å². The highest BCUT2D eigenvalue weighted by Crippen LogP contribution is 2.23. The van der Waals surface area contributed by atoms with Crippen molar-refractivity contribution in [2.24, 2.45) is 5.73 Å². The van der Waals surface area contributed by atoms with Gasteiger partial charge in [0.25, 0.3) is 0 Å². The molecule has 1 amide bonds. The van der Waals surface area contributed by atoms with E-state index >= 15 is 0 Å². The van der Waals surface area contributed by atoms with E-state index < -0.39 is 22.0 Å². The Morgan fingerprint density at radius 1 is 1.03 bits per heavy atom. The molecule has 0 saturated carbocycles. The highest BCUT2D eigenvalue weighted by Gasteiger charge is 2.32.